The zero-order valence-corrected chi connectivity index (χ0v) is 24.6. The molecule has 1 fully saturated rings. The fourth-order valence-corrected chi connectivity index (χ4v) is 5.43. The van der Waals surface area contributed by atoms with E-state index in [4.69, 9.17) is 16.3 Å². The van der Waals surface area contributed by atoms with Crippen LogP contribution in [0.3, 0.4) is 0 Å². The number of piperazine rings is 1. The number of carbonyl (C=O) groups is 1. The van der Waals surface area contributed by atoms with Gasteiger partial charge in [0.15, 0.2) is 0 Å². The molecule has 0 N–H and O–H groups in total. The van der Waals surface area contributed by atoms with Crippen molar-refractivity contribution in [2.24, 2.45) is 11.8 Å². The van der Waals surface area contributed by atoms with Crippen molar-refractivity contribution >= 4 is 23.2 Å². The van der Waals surface area contributed by atoms with E-state index in [-0.39, 0.29) is 17.9 Å². The van der Waals surface area contributed by atoms with Gasteiger partial charge < -0.3 is 19.4 Å². The van der Waals surface area contributed by atoms with Crippen LogP contribution in [-0.4, -0.2) is 69.1 Å². The Bertz CT molecular complexity index is 1030. The van der Waals surface area contributed by atoms with Crippen LogP contribution in [0.4, 0.5) is 5.69 Å². The van der Waals surface area contributed by atoms with Crippen LogP contribution < -0.4 is 4.90 Å². The highest BCUT2D eigenvalue weighted by atomic mass is 35.5. The van der Waals surface area contributed by atoms with Gasteiger partial charge in [-0.1, -0.05) is 56.1 Å². The smallest absolute Gasteiger partial charge is 0.225 e. The Morgan fingerprint density at radius 3 is 2.35 bits per heavy atom. The number of ether oxygens (including phenoxy) is 1. The second kappa shape index (κ2) is 13.6. The maximum Gasteiger partial charge on any atom is 0.225 e. The van der Waals surface area contributed by atoms with Crippen molar-refractivity contribution in [3.8, 4) is 0 Å². The molecule has 6 heteroatoms. The summed E-state index contributed by atoms with van der Waals surface area (Å²) in [6.45, 7) is 15.7. The van der Waals surface area contributed by atoms with Gasteiger partial charge in [-0.3, -0.25) is 4.79 Å². The summed E-state index contributed by atoms with van der Waals surface area (Å²) in [5.74, 6) is 0.560. The summed E-state index contributed by atoms with van der Waals surface area (Å²) in [6, 6.07) is 12.7. The van der Waals surface area contributed by atoms with E-state index in [1.165, 1.54) is 22.4 Å². The fraction of sp³-hybridized carbons (Fsp3) is 0.581. The zero-order chi connectivity index (χ0) is 27.1. The number of hydrogen-bond donors (Lipinski definition) is 0. The highest BCUT2D eigenvalue weighted by molar-refractivity contribution is 6.30. The molecular formula is C31H46ClN3O2. The molecule has 1 amide bonds. The molecule has 2 aromatic carbocycles. The third-order valence-electron chi connectivity index (χ3n) is 7.33. The van der Waals surface area contributed by atoms with Crippen LogP contribution in [0.2, 0.25) is 5.02 Å². The Hall–Kier alpha value is -2.08. The van der Waals surface area contributed by atoms with E-state index in [1.807, 2.05) is 30.0 Å². The third-order valence-corrected chi connectivity index (χ3v) is 7.56. The molecule has 1 heterocycles. The molecule has 0 bridgehead atoms. The van der Waals surface area contributed by atoms with Crippen LogP contribution in [0.5, 0.6) is 0 Å². The van der Waals surface area contributed by atoms with Crippen LogP contribution >= 0.6 is 11.6 Å². The summed E-state index contributed by atoms with van der Waals surface area (Å²) in [7, 11) is 4.20. The van der Waals surface area contributed by atoms with Gasteiger partial charge in [-0.15, -0.1) is 0 Å². The number of halogens is 1. The third kappa shape index (κ3) is 8.20. The molecule has 1 unspecified atom stereocenters. The van der Waals surface area contributed by atoms with E-state index in [2.05, 4.69) is 69.8 Å². The van der Waals surface area contributed by atoms with Crippen molar-refractivity contribution in [3.63, 3.8) is 0 Å². The fourth-order valence-electron chi connectivity index (χ4n) is 5.21. The van der Waals surface area contributed by atoms with Gasteiger partial charge in [0.2, 0.25) is 5.91 Å². The predicted molar refractivity (Wildman–Crippen MR) is 156 cm³/mol. The first-order valence-corrected chi connectivity index (χ1v) is 14.1. The molecular weight excluding hydrogens is 482 g/mol. The molecule has 2 atom stereocenters. The molecule has 1 aliphatic rings. The lowest BCUT2D eigenvalue weighted by atomic mass is 9.94. The topological polar surface area (TPSA) is 36.0 Å². The van der Waals surface area contributed by atoms with Gasteiger partial charge in [0.05, 0.1) is 6.10 Å². The minimum absolute atomic E-state index is 0.0535. The first-order chi connectivity index (χ1) is 17.6. The normalized spacial score (nSPS) is 15.9. The lowest BCUT2D eigenvalue weighted by molar-refractivity contribution is -0.135. The second-order valence-corrected chi connectivity index (χ2v) is 11.7. The molecule has 5 nitrogen and oxygen atoms in total. The SMILES string of the molecule is Cc1ccc(N2CCN(C(=O)[C@H](C)Cc3ccc(Cl)cc3C)CC2)c(C(OCCCN(C)C)C(C)C)c1. The Balaban J connectivity index is 1.65. The molecule has 0 radical (unpaired) electrons. The summed E-state index contributed by atoms with van der Waals surface area (Å²) in [6.07, 6.45) is 1.82. The second-order valence-electron chi connectivity index (χ2n) is 11.2. The van der Waals surface area contributed by atoms with E-state index in [0.29, 0.717) is 5.92 Å². The minimum Gasteiger partial charge on any atom is -0.373 e. The van der Waals surface area contributed by atoms with Crippen LogP contribution in [0.25, 0.3) is 0 Å². The van der Waals surface area contributed by atoms with E-state index in [9.17, 15) is 4.79 Å². The number of hydrogen-bond acceptors (Lipinski definition) is 4. The van der Waals surface area contributed by atoms with Crippen molar-refractivity contribution in [2.45, 2.75) is 53.6 Å². The number of amides is 1. The van der Waals surface area contributed by atoms with Gasteiger partial charge in [0.1, 0.15) is 0 Å². The number of anilines is 1. The molecule has 1 saturated heterocycles. The Kier molecular flexibility index (Phi) is 10.9. The summed E-state index contributed by atoms with van der Waals surface area (Å²) in [5, 5.41) is 0.741. The summed E-state index contributed by atoms with van der Waals surface area (Å²) in [5.41, 5.74) is 6.10. The Labute approximate surface area is 229 Å². The maximum absolute atomic E-state index is 13.3. The summed E-state index contributed by atoms with van der Waals surface area (Å²) in [4.78, 5) is 20.0. The van der Waals surface area contributed by atoms with Gasteiger partial charge in [-0.2, -0.15) is 0 Å². The van der Waals surface area contributed by atoms with Crippen LogP contribution in [0.1, 0.15) is 55.5 Å². The number of aryl methyl sites for hydroxylation is 2. The monoisotopic (exact) mass is 527 g/mol. The lowest BCUT2D eigenvalue weighted by Gasteiger charge is -2.39. The standard InChI is InChI=1S/C31H46ClN3O2/c1-22(2)30(37-18-8-13-33(6)7)28-19-23(3)9-12-29(28)34-14-16-35(17-15-34)31(36)25(5)20-26-10-11-27(32)21-24(26)4/h9-12,19,21-22,25,30H,8,13-18,20H2,1-7H3/t25-,30?/m1/s1. The molecule has 2 aromatic rings. The quantitative estimate of drug-likeness (QED) is 0.328. The van der Waals surface area contributed by atoms with Crippen LogP contribution in [0, 0.1) is 25.7 Å². The highest BCUT2D eigenvalue weighted by Gasteiger charge is 2.28. The zero-order valence-electron chi connectivity index (χ0n) is 23.9. The van der Waals surface area contributed by atoms with Gasteiger partial charge in [-0.05, 0) is 82.6 Å². The first kappa shape index (κ1) is 29.5. The van der Waals surface area contributed by atoms with Gasteiger partial charge >= 0.3 is 0 Å². The van der Waals surface area contributed by atoms with E-state index in [1.54, 1.807) is 0 Å². The van der Waals surface area contributed by atoms with E-state index >= 15 is 0 Å². The molecule has 0 aliphatic carbocycles. The lowest BCUT2D eigenvalue weighted by Crippen LogP contribution is -2.50. The highest BCUT2D eigenvalue weighted by Crippen LogP contribution is 2.35. The van der Waals surface area contributed by atoms with Crippen LogP contribution in [-0.2, 0) is 16.0 Å². The van der Waals surface area contributed by atoms with Crippen molar-refractivity contribution in [1.82, 2.24) is 9.80 Å². The van der Waals surface area contributed by atoms with Crippen molar-refractivity contribution in [3.05, 3.63) is 63.7 Å². The van der Waals surface area contributed by atoms with Crippen molar-refractivity contribution < 1.29 is 9.53 Å². The summed E-state index contributed by atoms with van der Waals surface area (Å²) >= 11 is 6.11. The largest absolute Gasteiger partial charge is 0.373 e. The molecule has 37 heavy (non-hydrogen) atoms. The van der Waals surface area contributed by atoms with E-state index < -0.39 is 0 Å². The minimum atomic E-state index is -0.0535. The van der Waals surface area contributed by atoms with E-state index in [0.717, 1.165) is 62.8 Å². The van der Waals surface area contributed by atoms with Gasteiger partial charge in [-0.25, -0.2) is 0 Å². The molecule has 204 valence electrons. The molecule has 0 saturated carbocycles. The van der Waals surface area contributed by atoms with Gasteiger partial charge in [0, 0.05) is 55.0 Å². The number of rotatable bonds is 11. The molecule has 3 rings (SSSR count). The predicted octanol–water partition coefficient (Wildman–Crippen LogP) is 6.15. The maximum atomic E-state index is 13.3. The van der Waals surface area contributed by atoms with Gasteiger partial charge in [0.25, 0.3) is 0 Å². The molecule has 0 aromatic heterocycles. The molecule has 0 spiro atoms. The molecule has 1 aliphatic heterocycles. The number of nitrogens with zero attached hydrogens (tertiary/aromatic N) is 3. The number of benzene rings is 2. The van der Waals surface area contributed by atoms with Crippen molar-refractivity contribution in [2.75, 3.05) is 58.3 Å². The Morgan fingerprint density at radius 2 is 1.73 bits per heavy atom. The Morgan fingerprint density at radius 1 is 1.03 bits per heavy atom. The summed E-state index contributed by atoms with van der Waals surface area (Å²) < 4.78 is 6.46. The van der Waals surface area contributed by atoms with Crippen LogP contribution in [0.15, 0.2) is 36.4 Å². The first-order valence-electron chi connectivity index (χ1n) is 13.7. The average molecular weight is 528 g/mol. The number of carbonyl (C=O) groups excluding carboxylic acids is 1. The van der Waals surface area contributed by atoms with Crippen molar-refractivity contribution in [1.29, 1.82) is 0 Å². The average Bonchev–Trinajstić information content (AvgIpc) is 2.85.